The highest BCUT2D eigenvalue weighted by Gasteiger charge is 2.20. The van der Waals surface area contributed by atoms with Crippen LogP contribution in [0.2, 0.25) is 5.02 Å². The number of amides is 1. The molecule has 0 atom stereocenters. The fraction of sp³-hybridized carbons (Fsp3) is 0.500. The molecule has 1 aromatic rings. The van der Waals surface area contributed by atoms with Gasteiger partial charge in [-0.05, 0) is 25.0 Å². The van der Waals surface area contributed by atoms with Crippen molar-refractivity contribution >= 4 is 17.5 Å². The summed E-state index contributed by atoms with van der Waals surface area (Å²) in [5.41, 5.74) is 5.92. The van der Waals surface area contributed by atoms with E-state index in [4.69, 9.17) is 17.3 Å². The Bertz CT molecular complexity index is 453. The van der Waals surface area contributed by atoms with Gasteiger partial charge >= 0.3 is 0 Å². The molecule has 0 saturated carbocycles. The first-order valence-electron chi connectivity index (χ1n) is 6.76. The average Bonchev–Trinajstić information content (AvgIpc) is 2.39. The van der Waals surface area contributed by atoms with E-state index in [0.717, 1.165) is 31.5 Å². The molecule has 0 spiro atoms. The number of carbonyl (C=O) groups is 1. The predicted molar refractivity (Wildman–Crippen MR) is 78.6 cm³/mol. The van der Waals surface area contributed by atoms with Crippen molar-refractivity contribution in [1.82, 2.24) is 10.2 Å². The van der Waals surface area contributed by atoms with Crippen LogP contribution in [0.25, 0.3) is 0 Å². The lowest BCUT2D eigenvalue weighted by Crippen LogP contribution is -2.45. The summed E-state index contributed by atoms with van der Waals surface area (Å²) in [6.45, 7) is 2.59. The normalized spacial score (nSPS) is 17.2. The zero-order valence-corrected chi connectivity index (χ0v) is 12.1. The van der Waals surface area contributed by atoms with E-state index in [1.54, 1.807) is 18.2 Å². The van der Waals surface area contributed by atoms with E-state index >= 15 is 0 Å². The maximum atomic E-state index is 10.9. The van der Waals surface area contributed by atoms with Gasteiger partial charge < -0.3 is 16.2 Å². The number of nitrogens with zero attached hydrogens (tertiary/aromatic N) is 1. The number of rotatable bonds is 5. The van der Waals surface area contributed by atoms with E-state index in [-0.39, 0.29) is 11.7 Å². The van der Waals surface area contributed by atoms with Crippen molar-refractivity contribution in [2.45, 2.75) is 25.4 Å². The molecule has 1 amide bonds. The molecular weight excluding hydrogens is 278 g/mol. The van der Waals surface area contributed by atoms with E-state index in [1.165, 1.54) is 0 Å². The number of likely N-dealkylation sites (tertiary alicyclic amines) is 1. The van der Waals surface area contributed by atoms with E-state index in [1.807, 2.05) is 0 Å². The smallest absolute Gasteiger partial charge is 0.231 e. The average molecular weight is 298 g/mol. The van der Waals surface area contributed by atoms with Crippen LogP contribution in [0.15, 0.2) is 18.2 Å². The fourth-order valence-corrected chi connectivity index (χ4v) is 2.72. The maximum absolute atomic E-state index is 10.9. The van der Waals surface area contributed by atoms with Crippen LogP contribution in [-0.2, 0) is 11.3 Å². The Morgan fingerprint density at radius 3 is 2.75 bits per heavy atom. The molecule has 1 aromatic carbocycles. The van der Waals surface area contributed by atoms with Gasteiger partial charge in [-0.2, -0.15) is 0 Å². The second kappa shape index (κ2) is 6.92. The molecule has 1 saturated heterocycles. The second-order valence-corrected chi connectivity index (χ2v) is 5.54. The molecule has 0 aromatic heterocycles. The molecular formula is C14H20ClN3O2. The summed E-state index contributed by atoms with van der Waals surface area (Å²) in [7, 11) is 0. The van der Waals surface area contributed by atoms with Gasteiger partial charge in [-0.15, -0.1) is 0 Å². The summed E-state index contributed by atoms with van der Waals surface area (Å²) in [6.07, 6.45) is 1.91. The number of phenols is 1. The standard InChI is InChI=1S/C14H20ClN3O2/c15-12-2-1-3-13(19)11(12)8-17-10-4-6-18(7-5-10)9-14(16)20/h1-3,10,17,19H,4-9H2,(H2,16,20). The predicted octanol–water partition coefficient (Wildman–Crippen LogP) is 1.08. The lowest BCUT2D eigenvalue weighted by Gasteiger charge is -2.31. The van der Waals surface area contributed by atoms with Crippen LogP contribution >= 0.6 is 11.6 Å². The first-order chi connectivity index (χ1) is 9.56. The number of primary amides is 1. The first kappa shape index (κ1) is 15.1. The minimum atomic E-state index is -0.280. The molecule has 5 nitrogen and oxygen atoms in total. The van der Waals surface area contributed by atoms with Gasteiger partial charge in [-0.25, -0.2) is 0 Å². The summed E-state index contributed by atoms with van der Waals surface area (Å²) in [4.78, 5) is 12.9. The monoisotopic (exact) mass is 297 g/mol. The molecule has 20 heavy (non-hydrogen) atoms. The number of aromatic hydroxyl groups is 1. The van der Waals surface area contributed by atoms with E-state index in [0.29, 0.717) is 24.2 Å². The van der Waals surface area contributed by atoms with Crippen LogP contribution in [0.3, 0.4) is 0 Å². The number of piperidine rings is 1. The number of hydrogen-bond donors (Lipinski definition) is 3. The Labute approximate surface area is 123 Å². The van der Waals surface area contributed by atoms with Gasteiger partial charge in [0.2, 0.25) is 5.91 Å². The summed E-state index contributed by atoms with van der Waals surface area (Å²) in [5.74, 6) is -0.0615. The number of halogens is 1. The Kier molecular flexibility index (Phi) is 5.23. The van der Waals surface area contributed by atoms with Crippen LogP contribution in [0.1, 0.15) is 18.4 Å². The van der Waals surface area contributed by atoms with Crippen LogP contribution in [0, 0.1) is 0 Å². The van der Waals surface area contributed by atoms with Crippen molar-refractivity contribution in [3.05, 3.63) is 28.8 Å². The third-order valence-electron chi connectivity index (χ3n) is 3.63. The summed E-state index contributed by atoms with van der Waals surface area (Å²) >= 11 is 6.07. The van der Waals surface area contributed by atoms with Crippen LogP contribution < -0.4 is 11.1 Å². The molecule has 0 unspecified atom stereocenters. The summed E-state index contributed by atoms with van der Waals surface area (Å²) < 4.78 is 0. The number of benzene rings is 1. The maximum Gasteiger partial charge on any atom is 0.231 e. The van der Waals surface area contributed by atoms with Crippen molar-refractivity contribution in [2.24, 2.45) is 5.73 Å². The van der Waals surface area contributed by atoms with Gasteiger partial charge in [-0.1, -0.05) is 17.7 Å². The molecule has 0 aliphatic carbocycles. The third-order valence-corrected chi connectivity index (χ3v) is 3.98. The largest absolute Gasteiger partial charge is 0.508 e. The summed E-state index contributed by atoms with van der Waals surface area (Å²) in [6, 6.07) is 5.50. The van der Waals surface area contributed by atoms with Crippen LogP contribution in [0.5, 0.6) is 5.75 Å². The van der Waals surface area contributed by atoms with Gasteiger partial charge in [0.05, 0.1) is 6.54 Å². The van der Waals surface area contributed by atoms with Gasteiger partial charge in [0.1, 0.15) is 5.75 Å². The van der Waals surface area contributed by atoms with Crippen molar-refractivity contribution in [1.29, 1.82) is 0 Å². The van der Waals surface area contributed by atoms with Crippen LogP contribution in [-0.4, -0.2) is 41.6 Å². The van der Waals surface area contributed by atoms with Crippen molar-refractivity contribution in [2.75, 3.05) is 19.6 Å². The molecule has 2 rings (SSSR count). The van der Waals surface area contributed by atoms with Crippen molar-refractivity contribution in [3.8, 4) is 5.75 Å². The number of carbonyl (C=O) groups excluding carboxylic acids is 1. The van der Waals surface area contributed by atoms with Gasteiger partial charge in [0, 0.05) is 36.3 Å². The molecule has 0 radical (unpaired) electrons. The number of nitrogens with two attached hydrogens (primary N) is 1. The van der Waals surface area contributed by atoms with E-state index < -0.39 is 0 Å². The van der Waals surface area contributed by atoms with Gasteiger partial charge in [0.15, 0.2) is 0 Å². The lowest BCUT2D eigenvalue weighted by molar-refractivity contribution is -0.119. The SMILES string of the molecule is NC(=O)CN1CCC(NCc2c(O)cccc2Cl)CC1. The lowest BCUT2D eigenvalue weighted by atomic mass is 10.0. The molecule has 110 valence electrons. The Morgan fingerprint density at radius 2 is 2.15 bits per heavy atom. The first-order valence-corrected chi connectivity index (χ1v) is 7.14. The molecule has 6 heteroatoms. The van der Waals surface area contributed by atoms with Gasteiger partial charge in [0.25, 0.3) is 0 Å². The molecule has 1 aliphatic heterocycles. The number of phenolic OH excluding ortho intramolecular Hbond substituents is 1. The highest BCUT2D eigenvalue weighted by atomic mass is 35.5. The number of nitrogens with one attached hydrogen (secondary N) is 1. The highest BCUT2D eigenvalue weighted by Crippen LogP contribution is 2.25. The quantitative estimate of drug-likeness (QED) is 0.760. The Morgan fingerprint density at radius 1 is 1.45 bits per heavy atom. The molecule has 1 aliphatic rings. The summed E-state index contributed by atoms with van der Waals surface area (Å²) in [5, 5.41) is 13.8. The molecule has 4 N–H and O–H groups in total. The third kappa shape index (κ3) is 4.10. The molecule has 0 bridgehead atoms. The minimum Gasteiger partial charge on any atom is -0.508 e. The molecule has 1 heterocycles. The van der Waals surface area contributed by atoms with E-state index in [2.05, 4.69) is 10.2 Å². The van der Waals surface area contributed by atoms with Gasteiger partial charge in [-0.3, -0.25) is 9.69 Å². The topological polar surface area (TPSA) is 78.6 Å². The minimum absolute atomic E-state index is 0.219. The van der Waals surface area contributed by atoms with Crippen molar-refractivity contribution in [3.63, 3.8) is 0 Å². The Balaban J connectivity index is 1.80. The zero-order chi connectivity index (χ0) is 14.5. The van der Waals surface area contributed by atoms with Crippen molar-refractivity contribution < 1.29 is 9.90 Å². The van der Waals surface area contributed by atoms with Crippen LogP contribution in [0.4, 0.5) is 0 Å². The molecule has 1 fully saturated rings. The zero-order valence-electron chi connectivity index (χ0n) is 11.3. The highest BCUT2D eigenvalue weighted by molar-refractivity contribution is 6.31. The number of hydrogen-bond acceptors (Lipinski definition) is 4. The Hall–Kier alpha value is -1.30. The van der Waals surface area contributed by atoms with E-state index in [9.17, 15) is 9.90 Å². The fourth-order valence-electron chi connectivity index (χ4n) is 2.48. The second-order valence-electron chi connectivity index (χ2n) is 5.14.